The quantitative estimate of drug-likeness (QED) is 0.844. The van der Waals surface area contributed by atoms with Gasteiger partial charge in [-0.1, -0.05) is 18.2 Å². The highest BCUT2D eigenvalue weighted by Gasteiger charge is 2.30. The highest BCUT2D eigenvalue weighted by atomic mass is 35.5. The Morgan fingerprint density at radius 1 is 1.23 bits per heavy atom. The van der Waals surface area contributed by atoms with Gasteiger partial charge in [0.1, 0.15) is 6.26 Å². The van der Waals surface area contributed by atoms with Crippen LogP contribution in [0.1, 0.15) is 25.0 Å². The molecule has 1 N–H and O–H groups in total. The molecule has 140 valence electrons. The molecular weight excluding hydrogens is 370 g/mol. The van der Waals surface area contributed by atoms with Crippen LogP contribution in [0, 0.1) is 0 Å². The molecule has 3 heterocycles. The van der Waals surface area contributed by atoms with Crippen molar-refractivity contribution in [3.8, 4) is 11.5 Å². The molecule has 26 heavy (non-hydrogen) atoms. The fourth-order valence-electron chi connectivity index (χ4n) is 3.59. The molecule has 2 atom stereocenters. The summed E-state index contributed by atoms with van der Waals surface area (Å²) in [6, 6.07) is 11.0. The number of aromatic nitrogens is 1. The lowest BCUT2D eigenvalue weighted by molar-refractivity contribution is -0.128. The average molecular weight is 394 g/mol. The number of carbonyl (C=O) groups excluding carboxylic acids is 1. The van der Waals surface area contributed by atoms with Crippen molar-refractivity contribution >= 4 is 30.1 Å². The maximum Gasteiger partial charge on any atom is 0.232 e. The van der Waals surface area contributed by atoms with Crippen LogP contribution in [0.25, 0.3) is 11.5 Å². The van der Waals surface area contributed by atoms with Gasteiger partial charge in [-0.3, -0.25) is 4.79 Å². The molecule has 1 amide bonds. The summed E-state index contributed by atoms with van der Waals surface area (Å²) < 4.78 is 5.55. The molecule has 1 aromatic carbocycles. The predicted octanol–water partition coefficient (Wildman–Crippen LogP) is 3.35. The second-order valence-corrected chi connectivity index (χ2v) is 7.75. The lowest BCUT2D eigenvalue weighted by Gasteiger charge is -2.24. The van der Waals surface area contributed by atoms with Gasteiger partial charge in [0.25, 0.3) is 0 Å². The second-order valence-electron chi connectivity index (χ2n) is 6.77. The highest BCUT2D eigenvalue weighted by molar-refractivity contribution is 7.99. The molecule has 2 unspecified atom stereocenters. The molecule has 0 radical (unpaired) electrons. The van der Waals surface area contributed by atoms with Crippen LogP contribution in [0.15, 0.2) is 41.0 Å². The molecule has 5 nitrogen and oxygen atoms in total. The Hall–Kier alpha value is -1.50. The first-order valence-corrected chi connectivity index (χ1v) is 10.0. The van der Waals surface area contributed by atoms with Crippen LogP contribution in [0.5, 0.6) is 0 Å². The van der Waals surface area contributed by atoms with Gasteiger partial charge in [-0.05, 0) is 31.4 Å². The minimum atomic E-state index is 0. The van der Waals surface area contributed by atoms with Crippen molar-refractivity contribution in [2.24, 2.45) is 0 Å². The number of hydrogen-bond acceptors (Lipinski definition) is 5. The van der Waals surface area contributed by atoms with Crippen molar-refractivity contribution in [1.29, 1.82) is 0 Å². The molecule has 2 aromatic rings. The van der Waals surface area contributed by atoms with E-state index in [0.29, 0.717) is 29.5 Å². The van der Waals surface area contributed by atoms with Gasteiger partial charge in [0.05, 0.1) is 11.4 Å². The fourth-order valence-corrected chi connectivity index (χ4v) is 4.39. The third-order valence-electron chi connectivity index (χ3n) is 4.92. The van der Waals surface area contributed by atoms with Crippen molar-refractivity contribution < 1.29 is 9.21 Å². The standard InChI is InChI=1S/C19H23N3O2S.ClH/c23-18(22-9-8-15-6-7-16(10-22)20-15)13-25-12-17-11-24-19(21-17)14-4-2-1-3-5-14;/h1-5,11,15-16,20H,6-10,12-13H2;1H. The first kappa shape index (κ1) is 19.3. The van der Waals surface area contributed by atoms with Crippen LogP contribution in [0.2, 0.25) is 0 Å². The molecule has 2 saturated heterocycles. The zero-order valence-electron chi connectivity index (χ0n) is 14.6. The van der Waals surface area contributed by atoms with E-state index in [1.807, 2.05) is 35.2 Å². The molecule has 2 fully saturated rings. The van der Waals surface area contributed by atoms with Gasteiger partial charge in [0.2, 0.25) is 11.8 Å². The van der Waals surface area contributed by atoms with E-state index in [2.05, 4.69) is 10.3 Å². The van der Waals surface area contributed by atoms with Crippen LogP contribution >= 0.6 is 24.2 Å². The van der Waals surface area contributed by atoms with E-state index in [0.717, 1.165) is 30.8 Å². The summed E-state index contributed by atoms with van der Waals surface area (Å²) >= 11 is 1.61. The smallest absolute Gasteiger partial charge is 0.232 e. The van der Waals surface area contributed by atoms with Crippen LogP contribution in [-0.4, -0.2) is 46.7 Å². The first-order valence-electron chi connectivity index (χ1n) is 8.89. The summed E-state index contributed by atoms with van der Waals surface area (Å²) in [5.41, 5.74) is 1.86. The van der Waals surface area contributed by atoms with Crippen molar-refractivity contribution in [2.75, 3.05) is 18.8 Å². The summed E-state index contributed by atoms with van der Waals surface area (Å²) in [6.07, 6.45) is 5.23. The van der Waals surface area contributed by atoms with E-state index in [9.17, 15) is 4.79 Å². The summed E-state index contributed by atoms with van der Waals surface area (Å²) in [4.78, 5) is 19.0. The molecule has 2 bridgehead atoms. The SMILES string of the molecule is Cl.O=C(CSCc1coc(-c2ccccc2)n1)N1CCC2CCC(C1)N2. The molecule has 7 heteroatoms. The van der Waals surface area contributed by atoms with Crippen molar-refractivity contribution in [1.82, 2.24) is 15.2 Å². The van der Waals surface area contributed by atoms with Gasteiger partial charge in [-0.15, -0.1) is 24.2 Å². The van der Waals surface area contributed by atoms with E-state index in [-0.39, 0.29) is 18.3 Å². The third-order valence-corrected chi connectivity index (χ3v) is 5.87. The largest absolute Gasteiger partial charge is 0.444 e. The number of fused-ring (bicyclic) bond motifs is 2. The molecule has 0 aliphatic carbocycles. The Labute approximate surface area is 164 Å². The van der Waals surface area contributed by atoms with Gasteiger partial charge in [-0.2, -0.15) is 0 Å². The van der Waals surface area contributed by atoms with Crippen LogP contribution in [0.3, 0.4) is 0 Å². The fraction of sp³-hybridized carbons (Fsp3) is 0.474. The Kier molecular flexibility index (Phi) is 6.62. The van der Waals surface area contributed by atoms with Crippen molar-refractivity contribution in [3.63, 3.8) is 0 Å². The number of likely N-dealkylation sites (tertiary alicyclic amines) is 1. The molecule has 0 spiro atoms. The number of rotatable bonds is 5. The summed E-state index contributed by atoms with van der Waals surface area (Å²) in [5, 5.41) is 3.61. The van der Waals surface area contributed by atoms with Gasteiger partial charge in [0.15, 0.2) is 0 Å². The Morgan fingerprint density at radius 3 is 2.88 bits per heavy atom. The number of oxazole rings is 1. The Morgan fingerprint density at radius 2 is 2.04 bits per heavy atom. The number of thioether (sulfide) groups is 1. The van der Waals surface area contributed by atoms with E-state index in [1.165, 1.54) is 12.8 Å². The summed E-state index contributed by atoms with van der Waals surface area (Å²) in [5.74, 6) is 2.08. The number of amides is 1. The molecule has 0 saturated carbocycles. The summed E-state index contributed by atoms with van der Waals surface area (Å²) in [6.45, 7) is 1.74. The monoisotopic (exact) mass is 393 g/mol. The van der Waals surface area contributed by atoms with Gasteiger partial charge in [-0.25, -0.2) is 4.98 Å². The number of hydrogen-bond donors (Lipinski definition) is 1. The van der Waals surface area contributed by atoms with Crippen LogP contribution in [0.4, 0.5) is 0 Å². The Bertz CT molecular complexity index is 725. The third kappa shape index (κ3) is 4.61. The van der Waals surface area contributed by atoms with E-state index in [4.69, 9.17) is 4.42 Å². The predicted molar refractivity (Wildman–Crippen MR) is 106 cm³/mol. The molecule has 1 aromatic heterocycles. The van der Waals surface area contributed by atoms with Gasteiger partial charge < -0.3 is 14.6 Å². The van der Waals surface area contributed by atoms with Crippen molar-refractivity contribution in [2.45, 2.75) is 37.1 Å². The Balaban J connectivity index is 0.00000196. The maximum absolute atomic E-state index is 12.5. The number of carbonyl (C=O) groups is 1. The minimum absolute atomic E-state index is 0. The number of nitrogens with one attached hydrogen (secondary N) is 1. The second kappa shape index (κ2) is 8.93. The van der Waals surface area contributed by atoms with Gasteiger partial charge in [0, 0.05) is 36.5 Å². The van der Waals surface area contributed by atoms with Crippen LogP contribution in [-0.2, 0) is 10.5 Å². The maximum atomic E-state index is 12.5. The topological polar surface area (TPSA) is 58.4 Å². The van der Waals surface area contributed by atoms with Crippen molar-refractivity contribution in [3.05, 3.63) is 42.3 Å². The average Bonchev–Trinajstić information content (AvgIpc) is 3.22. The van der Waals surface area contributed by atoms with E-state index >= 15 is 0 Å². The highest BCUT2D eigenvalue weighted by Crippen LogP contribution is 2.22. The normalized spacial score (nSPS) is 21.9. The lowest BCUT2D eigenvalue weighted by atomic mass is 10.1. The van der Waals surface area contributed by atoms with Crippen LogP contribution < -0.4 is 5.32 Å². The number of halogens is 1. The zero-order valence-corrected chi connectivity index (χ0v) is 16.2. The molecule has 2 aliphatic rings. The molecule has 4 rings (SSSR count). The minimum Gasteiger partial charge on any atom is -0.444 e. The zero-order chi connectivity index (χ0) is 17.1. The molecular formula is C19H24ClN3O2S. The van der Waals surface area contributed by atoms with Gasteiger partial charge >= 0.3 is 0 Å². The lowest BCUT2D eigenvalue weighted by Crippen LogP contribution is -2.39. The summed E-state index contributed by atoms with van der Waals surface area (Å²) in [7, 11) is 0. The number of nitrogens with zero attached hydrogens (tertiary/aromatic N) is 2. The number of benzene rings is 1. The molecule has 2 aliphatic heterocycles. The van der Waals surface area contributed by atoms with E-state index < -0.39 is 0 Å². The van der Waals surface area contributed by atoms with E-state index in [1.54, 1.807) is 18.0 Å². The first-order chi connectivity index (χ1) is 12.3.